The first-order chi connectivity index (χ1) is 12.5. The van der Waals surface area contributed by atoms with Crippen LogP contribution in [0, 0.1) is 6.92 Å². The molecule has 6 heteroatoms. The van der Waals surface area contributed by atoms with Gasteiger partial charge in [0.15, 0.2) is 5.79 Å². The molecule has 1 spiro atoms. The zero-order valence-corrected chi connectivity index (χ0v) is 15.7. The van der Waals surface area contributed by atoms with Crippen LogP contribution in [-0.4, -0.2) is 40.5 Å². The Kier molecular flexibility index (Phi) is 4.50. The van der Waals surface area contributed by atoms with E-state index in [0.717, 1.165) is 37.2 Å². The van der Waals surface area contributed by atoms with Crippen LogP contribution in [0.15, 0.2) is 58.3 Å². The second-order valence-electron chi connectivity index (χ2n) is 6.91. The number of nitrogens with zero attached hydrogens (tertiary/aromatic N) is 1. The number of anilines is 1. The molecule has 0 atom stereocenters. The fourth-order valence-electron chi connectivity index (χ4n) is 3.58. The van der Waals surface area contributed by atoms with Crippen molar-refractivity contribution in [1.82, 2.24) is 0 Å². The molecule has 138 valence electrons. The number of hydrogen-bond acceptors (Lipinski definition) is 5. The summed E-state index contributed by atoms with van der Waals surface area (Å²) < 4.78 is 37.0. The van der Waals surface area contributed by atoms with Crippen molar-refractivity contribution in [2.45, 2.75) is 35.3 Å². The van der Waals surface area contributed by atoms with E-state index < -0.39 is 15.6 Å². The summed E-state index contributed by atoms with van der Waals surface area (Å²) in [4.78, 5) is 2.89. The largest absolute Gasteiger partial charge is 0.371 e. The average molecular weight is 373 g/mol. The minimum Gasteiger partial charge on any atom is -0.371 e. The van der Waals surface area contributed by atoms with Crippen molar-refractivity contribution in [3.8, 4) is 0 Å². The molecule has 2 fully saturated rings. The molecule has 2 aliphatic rings. The van der Waals surface area contributed by atoms with Gasteiger partial charge in [0.05, 0.1) is 23.0 Å². The Morgan fingerprint density at radius 2 is 1.35 bits per heavy atom. The number of piperidine rings is 1. The van der Waals surface area contributed by atoms with Gasteiger partial charge in [-0.15, -0.1) is 0 Å². The van der Waals surface area contributed by atoms with Gasteiger partial charge in [0, 0.05) is 31.6 Å². The standard InChI is InChI=1S/C20H23NO4S/c1-16-2-6-18(7-3-16)26(22,23)19-8-4-17(5-9-19)21-12-10-20(11-13-21)24-14-15-25-20/h2-9H,10-15H2,1H3. The van der Waals surface area contributed by atoms with Gasteiger partial charge < -0.3 is 14.4 Å². The van der Waals surface area contributed by atoms with Crippen molar-refractivity contribution in [3.63, 3.8) is 0 Å². The summed E-state index contributed by atoms with van der Waals surface area (Å²) in [6, 6.07) is 14.1. The molecule has 0 unspecified atom stereocenters. The van der Waals surface area contributed by atoms with Gasteiger partial charge in [-0.1, -0.05) is 17.7 Å². The van der Waals surface area contributed by atoms with E-state index in [1.807, 2.05) is 31.2 Å². The highest BCUT2D eigenvalue weighted by atomic mass is 32.2. The maximum atomic E-state index is 12.8. The van der Waals surface area contributed by atoms with Crippen LogP contribution >= 0.6 is 0 Å². The van der Waals surface area contributed by atoms with Crippen LogP contribution in [0.1, 0.15) is 18.4 Å². The summed E-state index contributed by atoms with van der Waals surface area (Å²) >= 11 is 0. The summed E-state index contributed by atoms with van der Waals surface area (Å²) in [6.07, 6.45) is 1.66. The van der Waals surface area contributed by atoms with Crippen molar-refractivity contribution in [2.75, 3.05) is 31.2 Å². The molecule has 2 heterocycles. The SMILES string of the molecule is Cc1ccc(S(=O)(=O)c2ccc(N3CCC4(CC3)OCCO4)cc2)cc1. The van der Waals surface area contributed by atoms with E-state index in [9.17, 15) is 8.42 Å². The normalized spacial score (nSPS) is 19.8. The second kappa shape index (κ2) is 6.68. The van der Waals surface area contributed by atoms with E-state index in [0.29, 0.717) is 23.0 Å². The predicted octanol–water partition coefficient (Wildman–Crippen LogP) is 3.17. The lowest BCUT2D eigenvalue weighted by atomic mass is 10.0. The Labute approximate surface area is 154 Å². The maximum absolute atomic E-state index is 12.8. The van der Waals surface area contributed by atoms with E-state index in [4.69, 9.17) is 9.47 Å². The summed E-state index contributed by atoms with van der Waals surface area (Å²) in [7, 11) is -3.48. The highest BCUT2D eigenvalue weighted by Crippen LogP contribution is 2.33. The van der Waals surface area contributed by atoms with Crippen LogP contribution in [-0.2, 0) is 19.3 Å². The monoisotopic (exact) mass is 373 g/mol. The van der Waals surface area contributed by atoms with Crippen LogP contribution in [0.4, 0.5) is 5.69 Å². The third-order valence-electron chi connectivity index (χ3n) is 5.18. The van der Waals surface area contributed by atoms with Crippen molar-refractivity contribution in [1.29, 1.82) is 0 Å². The van der Waals surface area contributed by atoms with E-state index in [1.165, 1.54) is 0 Å². The third kappa shape index (κ3) is 3.24. The first kappa shape index (κ1) is 17.5. The Morgan fingerprint density at radius 1 is 0.846 bits per heavy atom. The zero-order valence-electron chi connectivity index (χ0n) is 14.8. The summed E-state index contributed by atoms with van der Waals surface area (Å²) in [5.74, 6) is -0.398. The van der Waals surface area contributed by atoms with Gasteiger partial charge in [-0.05, 0) is 43.3 Å². The van der Waals surface area contributed by atoms with Crippen molar-refractivity contribution >= 4 is 15.5 Å². The van der Waals surface area contributed by atoms with Gasteiger partial charge in [-0.3, -0.25) is 0 Å². The number of sulfone groups is 1. The molecule has 0 aliphatic carbocycles. The van der Waals surface area contributed by atoms with Gasteiger partial charge in [0.25, 0.3) is 0 Å². The van der Waals surface area contributed by atoms with Gasteiger partial charge in [-0.25, -0.2) is 8.42 Å². The van der Waals surface area contributed by atoms with Crippen molar-refractivity contribution in [2.24, 2.45) is 0 Å². The molecule has 4 rings (SSSR count). The minimum absolute atomic E-state index is 0.320. The molecule has 0 N–H and O–H groups in total. The molecule has 0 radical (unpaired) electrons. The summed E-state index contributed by atoms with van der Waals surface area (Å²) in [5, 5.41) is 0. The van der Waals surface area contributed by atoms with Crippen molar-refractivity contribution in [3.05, 3.63) is 54.1 Å². The number of rotatable bonds is 3. The average Bonchev–Trinajstić information content (AvgIpc) is 3.11. The van der Waals surface area contributed by atoms with Crippen molar-refractivity contribution < 1.29 is 17.9 Å². The van der Waals surface area contributed by atoms with Gasteiger partial charge >= 0.3 is 0 Å². The molecule has 2 aromatic rings. The Morgan fingerprint density at radius 3 is 1.88 bits per heavy atom. The van der Waals surface area contributed by atoms with E-state index in [-0.39, 0.29) is 0 Å². The topological polar surface area (TPSA) is 55.8 Å². The lowest BCUT2D eigenvalue weighted by Crippen LogP contribution is -2.45. The van der Waals surface area contributed by atoms with Gasteiger partial charge in [0.1, 0.15) is 0 Å². The molecule has 0 aromatic heterocycles. The van der Waals surface area contributed by atoms with Crippen LogP contribution in [0.3, 0.4) is 0 Å². The van der Waals surface area contributed by atoms with Gasteiger partial charge in [0.2, 0.25) is 9.84 Å². The lowest BCUT2D eigenvalue weighted by molar-refractivity contribution is -0.169. The number of hydrogen-bond donors (Lipinski definition) is 0. The zero-order chi connectivity index (χ0) is 18.2. The van der Waals surface area contributed by atoms with Gasteiger partial charge in [-0.2, -0.15) is 0 Å². The fraction of sp³-hybridized carbons (Fsp3) is 0.400. The van der Waals surface area contributed by atoms with E-state index >= 15 is 0 Å². The van der Waals surface area contributed by atoms with Crippen LogP contribution in [0.25, 0.3) is 0 Å². The highest BCUT2D eigenvalue weighted by molar-refractivity contribution is 7.91. The quantitative estimate of drug-likeness (QED) is 0.827. The predicted molar refractivity (Wildman–Crippen MR) is 99.2 cm³/mol. The molecule has 2 aliphatic heterocycles. The third-order valence-corrected chi connectivity index (χ3v) is 6.97. The molecule has 2 aromatic carbocycles. The smallest absolute Gasteiger partial charge is 0.206 e. The van der Waals surface area contributed by atoms with Crippen LogP contribution in [0.2, 0.25) is 0 Å². The number of ether oxygens (including phenoxy) is 2. The molecule has 26 heavy (non-hydrogen) atoms. The first-order valence-electron chi connectivity index (χ1n) is 8.93. The summed E-state index contributed by atoms with van der Waals surface area (Å²) in [6.45, 7) is 4.96. The molecular weight excluding hydrogens is 350 g/mol. The summed E-state index contributed by atoms with van der Waals surface area (Å²) in [5.41, 5.74) is 2.07. The molecule has 0 amide bonds. The molecule has 2 saturated heterocycles. The van der Waals surface area contributed by atoms with Crippen LogP contribution < -0.4 is 4.90 Å². The Hall–Kier alpha value is -1.89. The molecule has 0 bridgehead atoms. The molecule has 5 nitrogen and oxygen atoms in total. The minimum atomic E-state index is -3.48. The lowest BCUT2D eigenvalue weighted by Gasteiger charge is -2.38. The molecular formula is C20H23NO4S. The number of benzene rings is 2. The van der Waals surface area contributed by atoms with E-state index in [1.54, 1.807) is 24.3 Å². The second-order valence-corrected chi connectivity index (χ2v) is 8.85. The Balaban J connectivity index is 1.49. The first-order valence-corrected chi connectivity index (χ1v) is 10.4. The number of aryl methyl sites for hydroxylation is 1. The van der Waals surface area contributed by atoms with E-state index in [2.05, 4.69) is 4.90 Å². The maximum Gasteiger partial charge on any atom is 0.206 e. The highest BCUT2D eigenvalue weighted by Gasteiger charge is 2.39. The molecule has 0 saturated carbocycles. The fourth-order valence-corrected chi connectivity index (χ4v) is 4.84. The van der Waals surface area contributed by atoms with Crippen LogP contribution in [0.5, 0.6) is 0 Å². The Bertz CT molecular complexity index is 859.